The monoisotopic (exact) mass is 384 g/mol. The maximum Gasteiger partial charge on any atom is 0.251 e. The molecule has 1 heterocycles. The van der Waals surface area contributed by atoms with E-state index in [0.29, 0.717) is 12.1 Å². The molecule has 1 N–H and O–H groups in total. The van der Waals surface area contributed by atoms with E-state index in [2.05, 4.69) is 53.7 Å². The summed E-state index contributed by atoms with van der Waals surface area (Å²) in [4.78, 5) is 12.7. The number of hydrogen-bond donors (Lipinski definition) is 1. The second-order valence-electron chi connectivity index (χ2n) is 7.28. The minimum Gasteiger partial charge on any atom is -0.345 e. The van der Waals surface area contributed by atoms with Gasteiger partial charge in [0.15, 0.2) is 0 Å². The number of fused-ring (bicyclic) bond motifs is 1. The van der Waals surface area contributed by atoms with Gasteiger partial charge in [0.05, 0.1) is 18.1 Å². The Labute approximate surface area is 170 Å². The van der Waals surface area contributed by atoms with Crippen molar-refractivity contribution in [3.8, 4) is 0 Å². The van der Waals surface area contributed by atoms with Gasteiger partial charge in [0.2, 0.25) is 0 Å². The number of carbonyl (C=O) groups is 1. The van der Waals surface area contributed by atoms with E-state index in [0.717, 1.165) is 28.6 Å². The molecule has 0 aliphatic carbocycles. The minimum absolute atomic E-state index is 0.00397. The van der Waals surface area contributed by atoms with Crippen LogP contribution >= 0.6 is 0 Å². The van der Waals surface area contributed by atoms with Crippen LogP contribution in [-0.4, -0.2) is 20.9 Å². The summed E-state index contributed by atoms with van der Waals surface area (Å²) >= 11 is 0. The van der Waals surface area contributed by atoms with E-state index >= 15 is 0 Å². The molecule has 0 spiro atoms. The molecule has 0 unspecified atom stereocenters. The molecule has 1 atom stereocenters. The topological polar surface area (TPSA) is 59.8 Å². The number of hydrogen-bond acceptors (Lipinski definition) is 3. The summed E-state index contributed by atoms with van der Waals surface area (Å²) in [6, 6.07) is 23.9. The summed E-state index contributed by atoms with van der Waals surface area (Å²) in [5.74, 6) is -0.0600. The second-order valence-corrected chi connectivity index (χ2v) is 7.28. The molecule has 5 nitrogen and oxygen atoms in total. The highest BCUT2D eigenvalue weighted by Crippen LogP contribution is 2.18. The van der Waals surface area contributed by atoms with Crippen LogP contribution in [0, 0.1) is 6.92 Å². The predicted molar refractivity (Wildman–Crippen MR) is 115 cm³/mol. The van der Waals surface area contributed by atoms with Gasteiger partial charge in [0, 0.05) is 5.56 Å². The number of benzene rings is 3. The molecule has 4 aromatic rings. The Bertz CT molecular complexity index is 1110. The summed E-state index contributed by atoms with van der Waals surface area (Å²) in [6.45, 7) is 4.76. The third kappa shape index (κ3) is 4.19. The van der Waals surface area contributed by atoms with Gasteiger partial charge >= 0.3 is 0 Å². The number of aromatic nitrogens is 3. The van der Waals surface area contributed by atoms with Crippen molar-refractivity contribution in [3.05, 3.63) is 95.1 Å². The van der Waals surface area contributed by atoms with Crippen LogP contribution in [0.5, 0.6) is 0 Å². The van der Waals surface area contributed by atoms with Gasteiger partial charge in [-0.25, -0.2) is 4.68 Å². The molecule has 146 valence electrons. The number of amides is 1. The Morgan fingerprint density at radius 2 is 1.72 bits per heavy atom. The first-order valence-corrected chi connectivity index (χ1v) is 9.88. The zero-order valence-electron chi connectivity index (χ0n) is 16.7. The first-order chi connectivity index (χ1) is 14.1. The SMILES string of the molecule is CC[C@H](NC(=O)c1ccc(Cn2nnc3ccccc32)cc1)c1ccc(C)cc1. The first kappa shape index (κ1) is 18.9. The molecule has 0 saturated carbocycles. The third-order valence-electron chi connectivity index (χ3n) is 5.16. The van der Waals surface area contributed by atoms with Gasteiger partial charge in [0.25, 0.3) is 5.91 Å². The Kier molecular flexibility index (Phi) is 5.38. The average molecular weight is 384 g/mol. The van der Waals surface area contributed by atoms with Crippen molar-refractivity contribution >= 4 is 16.9 Å². The number of carbonyl (C=O) groups excluding carboxylic acids is 1. The van der Waals surface area contributed by atoms with Crippen molar-refractivity contribution in [1.29, 1.82) is 0 Å². The Balaban J connectivity index is 1.45. The van der Waals surface area contributed by atoms with Gasteiger partial charge in [0.1, 0.15) is 5.52 Å². The molecule has 1 aromatic heterocycles. The fourth-order valence-electron chi connectivity index (χ4n) is 3.43. The second kappa shape index (κ2) is 8.27. The minimum atomic E-state index is -0.0600. The van der Waals surface area contributed by atoms with Crippen LogP contribution in [0.15, 0.2) is 72.8 Å². The summed E-state index contributed by atoms with van der Waals surface area (Å²) in [5.41, 5.74) is 5.95. The van der Waals surface area contributed by atoms with Crippen LogP contribution in [0.25, 0.3) is 11.0 Å². The van der Waals surface area contributed by atoms with E-state index in [9.17, 15) is 4.79 Å². The number of nitrogens with one attached hydrogen (secondary N) is 1. The quantitative estimate of drug-likeness (QED) is 0.525. The van der Waals surface area contributed by atoms with Crippen molar-refractivity contribution in [2.45, 2.75) is 32.9 Å². The fraction of sp³-hybridized carbons (Fsp3) is 0.208. The van der Waals surface area contributed by atoms with E-state index in [4.69, 9.17) is 0 Å². The lowest BCUT2D eigenvalue weighted by Gasteiger charge is -2.18. The number of nitrogens with zero attached hydrogens (tertiary/aromatic N) is 3. The molecular formula is C24H24N4O. The standard InChI is InChI=1S/C24H24N4O/c1-3-21(19-12-8-17(2)9-13-19)25-24(29)20-14-10-18(11-15-20)16-28-23-7-5-4-6-22(23)26-27-28/h4-15,21H,3,16H2,1-2H3,(H,25,29)/t21-/m0/s1. The van der Waals surface area contributed by atoms with Crippen molar-refractivity contribution in [3.63, 3.8) is 0 Å². The lowest BCUT2D eigenvalue weighted by Crippen LogP contribution is -2.28. The van der Waals surface area contributed by atoms with Crippen LogP contribution < -0.4 is 5.32 Å². The molecule has 0 aliphatic heterocycles. The zero-order valence-corrected chi connectivity index (χ0v) is 16.7. The van der Waals surface area contributed by atoms with E-state index in [1.165, 1.54) is 5.56 Å². The maximum atomic E-state index is 12.7. The van der Waals surface area contributed by atoms with E-state index in [1.54, 1.807) is 0 Å². The summed E-state index contributed by atoms with van der Waals surface area (Å²) in [5, 5.41) is 11.6. The number of rotatable bonds is 6. The maximum absolute atomic E-state index is 12.7. The molecule has 5 heteroatoms. The molecule has 0 saturated heterocycles. The number of para-hydroxylation sites is 1. The third-order valence-corrected chi connectivity index (χ3v) is 5.16. The lowest BCUT2D eigenvalue weighted by atomic mass is 10.0. The van der Waals surface area contributed by atoms with E-state index in [1.807, 2.05) is 53.2 Å². The molecule has 4 rings (SSSR count). The highest BCUT2D eigenvalue weighted by molar-refractivity contribution is 5.94. The van der Waals surface area contributed by atoms with Gasteiger partial charge in [-0.05, 0) is 48.7 Å². The molecule has 0 aliphatic rings. The van der Waals surface area contributed by atoms with Crippen LogP contribution in [0.1, 0.15) is 46.4 Å². The molecular weight excluding hydrogens is 360 g/mol. The normalized spacial score (nSPS) is 12.1. The average Bonchev–Trinajstić information content (AvgIpc) is 3.16. The smallest absolute Gasteiger partial charge is 0.251 e. The molecule has 3 aromatic carbocycles. The fourth-order valence-corrected chi connectivity index (χ4v) is 3.43. The largest absolute Gasteiger partial charge is 0.345 e. The molecule has 0 fully saturated rings. The zero-order chi connectivity index (χ0) is 20.2. The van der Waals surface area contributed by atoms with E-state index in [-0.39, 0.29) is 11.9 Å². The molecule has 29 heavy (non-hydrogen) atoms. The van der Waals surface area contributed by atoms with Crippen molar-refractivity contribution in [2.75, 3.05) is 0 Å². The number of aryl methyl sites for hydroxylation is 1. The van der Waals surface area contributed by atoms with Crippen molar-refractivity contribution in [2.24, 2.45) is 0 Å². The highest BCUT2D eigenvalue weighted by Gasteiger charge is 2.14. The molecule has 1 amide bonds. The summed E-state index contributed by atoms with van der Waals surface area (Å²) < 4.78 is 1.87. The van der Waals surface area contributed by atoms with Gasteiger partial charge in [-0.1, -0.05) is 66.2 Å². The van der Waals surface area contributed by atoms with Crippen molar-refractivity contribution < 1.29 is 4.79 Å². The Morgan fingerprint density at radius 1 is 1.00 bits per heavy atom. The van der Waals surface area contributed by atoms with E-state index < -0.39 is 0 Å². The highest BCUT2D eigenvalue weighted by atomic mass is 16.1. The van der Waals surface area contributed by atoms with Crippen LogP contribution in [0.3, 0.4) is 0 Å². The van der Waals surface area contributed by atoms with Crippen LogP contribution in [0.2, 0.25) is 0 Å². The predicted octanol–water partition coefficient (Wildman–Crippen LogP) is 4.67. The Hall–Kier alpha value is -3.47. The first-order valence-electron chi connectivity index (χ1n) is 9.88. The van der Waals surface area contributed by atoms with Gasteiger partial charge < -0.3 is 5.32 Å². The molecule has 0 bridgehead atoms. The van der Waals surface area contributed by atoms with Crippen LogP contribution in [-0.2, 0) is 6.54 Å². The van der Waals surface area contributed by atoms with Crippen molar-refractivity contribution in [1.82, 2.24) is 20.3 Å². The van der Waals surface area contributed by atoms with Gasteiger partial charge in [-0.3, -0.25) is 4.79 Å². The lowest BCUT2D eigenvalue weighted by molar-refractivity contribution is 0.0935. The van der Waals surface area contributed by atoms with Gasteiger partial charge in [-0.2, -0.15) is 0 Å². The van der Waals surface area contributed by atoms with Crippen LogP contribution in [0.4, 0.5) is 0 Å². The Morgan fingerprint density at radius 3 is 2.45 bits per heavy atom. The summed E-state index contributed by atoms with van der Waals surface area (Å²) in [7, 11) is 0. The van der Waals surface area contributed by atoms with Gasteiger partial charge in [-0.15, -0.1) is 5.10 Å². The molecule has 0 radical (unpaired) electrons. The summed E-state index contributed by atoms with van der Waals surface area (Å²) in [6.07, 6.45) is 0.840.